The Bertz CT molecular complexity index is 680. The Kier molecular flexibility index (Phi) is 5.46. The zero-order valence-corrected chi connectivity index (χ0v) is 13.5. The minimum atomic E-state index is -0.260. The number of aromatic hydroxyl groups is 1. The van der Waals surface area contributed by atoms with Gasteiger partial charge in [0, 0.05) is 12.5 Å². The SMILES string of the molecule is CCC(=O)c1c(OC)cc(OC)c(OCc2ccccc2)c1O. The number of methoxy groups -OCH3 is 2. The molecule has 0 bridgehead atoms. The zero-order valence-electron chi connectivity index (χ0n) is 13.5. The molecule has 0 unspecified atom stereocenters. The first-order valence-electron chi connectivity index (χ1n) is 7.30. The first-order valence-corrected chi connectivity index (χ1v) is 7.30. The summed E-state index contributed by atoms with van der Waals surface area (Å²) in [5.41, 5.74) is 1.05. The van der Waals surface area contributed by atoms with E-state index in [2.05, 4.69) is 0 Å². The molecule has 1 N–H and O–H groups in total. The molecule has 0 amide bonds. The van der Waals surface area contributed by atoms with Crippen LogP contribution in [0.3, 0.4) is 0 Å². The quantitative estimate of drug-likeness (QED) is 0.791. The lowest BCUT2D eigenvalue weighted by Gasteiger charge is -2.17. The van der Waals surface area contributed by atoms with Gasteiger partial charge in [-0.2, -0.15) is 0 Å². The highest BCUT2D eigenvalue weighted by molar-refractivity contribution is 6.02. The standard InChI is InChI=1S/C18H20O5/c1-4-13(19)16-14(21-2)10-15(22-3)18(17(16)20)23-11-12-8-6-5-7-9-12/h5-10,20H,4,11H2,1-3H3. The Labute approximate surface area is 135 Å². The number of phenolic OH excluding ortho intramolecular Hbond substituents is 1. The summed E-state index contributed by atoms with van der Waals surface area (Å²) >= 11 is 0. The van der Waals surface area contributed by atoms with Crippen LogP contribution in [0.2, 0.25) is 0 Å². The average molecular weight is 316 g/mol. The van der Waals surface area contributed by atoms with E-state index in [0.29, 0.717) is 5.75 Å². The molecule has 0 saturated carbocycles. The van der Waals surface area contributed by atoms with Crippen LogP contribution in [-0.4, -0.2) is 25.1 Å². The monoisotopic (exact) mass is 316 g/mol. The maximum atomic E-state index is 12.1. The Hall–Kier alpha value is -2.69. The van der Waals surface area contributed by atoms with Crippen LogP contribution in [-0.2, 0) is 6.61 Å². The maximum Gasteiger partial charge on any atom is 0.204 e. The van der Waals surface area contributed by atoms with Crippen molar-refractivity contribution >= 4 is 5.78 Å². The fraction of sp³-hybridized carbons (Fsp3) is 0.278. The zero-order chi connectivity index (χ0) is 16.8. The molecule has 2 rings (SSSR count). The van der Waals surface area contributed by atoms with E-state index < -0.39 is 0 Å². The molecule has 122 valence electrons. The number of ether oxygens (including phenoxy) is 3. The Balaban J connectivity index is 2.42. The van der Waals surface area contributed by atoms with Crippen molar-refractivity contribution in [2.24, 2.45) is 0 Å². The number of benzene rings is 2. The van der Waals surface area contributed by atoms with E-state index >= 15 is 0 Å². The molecule has 0 aliphatic rings. The number of carbonyl (C=O) groups is 1. The van der Waals surface area contributed by atoms with Crippen LogP contribution >= 0.6 is 0 Å². The Morgan fingerprint density at radius 2 is 1.74 bits per heavy atom. The van der Waals surface area contributed by atoms with Crippen molar-refractivity contribution in [3.63, 3.8) is 0 Å². The van der Waals surface area contributed by atoms with Gasteiger partial charge >= 0.3 is 0 Å². The summed E-state index contributed by atoms with van der Waals surface area (Å²) < 4.78 is 16.1. The van der Waals surface area contributed by atoms with Gasteiger partial charge in [0.25, 0.3) is 0 Å². The third-order valence-corrected chi connectivity index (χ3v) is 3.45. The van der Waals surface area contributed by atoms with Crippen molar-refractivity contribution in [2.75, 3.05) is 14.2 Å². The van der Waals surface area contributed by atoms with Crippen LogP contribution in [0.25, 0.3) is 0 Å². The predicted octanol–water partition coefficient (Wildman–Crippen LogP) is 3.58. The summed E-state index contributed by atoms with van der Waals surface area (Å²) in [4.78, 5) is 12.1. The number of rotatable bonds is 7. The molecule has 2 aromatic rings. The summed E-state index contributed by atoms with van der Waals surface area (Å²) in [7, 11) is 2.90. The largest absolute Gasteiger partial charge is 0.504 e. The van der Waals surface area contributed by atoms with Crippen molar-refractivity contribution in [3.05, 3.63) is 47.5 Å². The molecule has 0 aliphatic carbocycles. The molecular formula is C18H20O5. The molecule has 0 aliphatic heterocycles. The van der Waals surface area contributed by atoms with Gasteiger partial charge < -0.3 is 19.3 Å². The van der Waals surface area contributed by atoms with Gasteiger partial charge in [-0.05, 0) is 5.56 Å². The summed E-state index contributed by atoms with van der Waals surface area (Å²) in [6.07, 6.45) is 0.244. The minimum absolute atomic E-state index is 0.110. The highest BCUT2D eigenvalue weighted by atomic mass is 16.5. The third kappa shape index (κ3) is 3.56. The number of ketones is 1. The van der Waals surface area contributed by atoms with Crippen molar-refractivity contribution < 1.29 is 24.1 Å². The second kappa shape index (κ2) is 7.54. The number of Topliss-reactive ketones (excluding diaryl/α,β-unsaturated/α-hetero) is 1. The fourth-order valence-corrected chi connectivity index (χ4v) is 2.23. The second-order valence-corrected chi connectivity index (χ2v) is 4.88. The van der Waals surface area contributed by atoms with Crippen molar-refractivity contribution in [3.8, 4) is 23.0 Å². The molecule has 5 heteroatoms. The van der Waals surface area contributed by atoms with Crippen LogP contribution in [0.5, 0.6) is 23.0 Å². The van der Waals surface area contributed by atoms with Gasteiger partial charge in [-0.3, -0.25) is 4.79 Å². The van der Waals surface area contributed by atoms with Crippen molar-refractivity contribution in [2.45, 2.75) is 20.0 Å². The summed E-state index contributed by atoms with van der Waals surface area (Å²) in [6, 6.07) is 11.1. The minimum Gasteiger partial charge on any atom is -0.504 e. The molecule has 5 nitrogen and oxygen atoms in total. The summed E-state index contributed by atoms with van der Waals surface area (Å²) in [5.74, 6) is 0.214. The van der Waals surface area contributed by atoms with Gasteiger partial charge in [0.05, 0.1) is 14.2 Å². The Morgan fingerprint density at radius 1 is 1.09 bits per heavy atom. The normalized spacial score (nSPS) is 10.2. The van der Waals surface area contributed by atoms with Crippen LogP contribution in [0, 0.1) is 0 Å². The summed E-state index contributed by atoms with van der Waals surface area (Å²) in [6.45, 7) is 1.97. The lowest BCUT2D eigenvalue weighted by Crippen LogP contribution is -2.05. The fourth-order valence-electron chi connectivity index (χ4n) is 2.23. The molecule has 0 heterocycles. The predicted molar refractivity (Wildman–Crippen MR) is 86.6 cm³/mol. The number of carbonyl (C=O) groups excluding carboxylic acids is 1. The molecule has 0 radical (unpaired) electrons. The first-order chi connectivity index (χ1) is 11.1. The Morgan fingerprint density at radius 3 is 2.30 bits per heavy atom. The molecule has 0 atom stereocenters. The van der Waals surface area contributed by atoms with E-state index in [1.165, 1.54) is 14.2 Å². The topological polar surface area (TPSA) is 65.0 Å². The van der Waals surface area contributed by atoms with Crippen molar-refractivity contribution in [1.82, 2.24) is 0 Å². The van der Waals surface area contributed by atoms with Gasteiger partial charge in [0.1, 0.15) is 17.9 Å². The molecule has 23 heavy (non-hydrogen) atoms. The maximum absolute atomic E-state index is 12.1. The molecule has 0 aromatic heterocycles. The van der Waals surface area contributed by atoms with Crippen LogP contribution in [0.4, 0.5) is 0 Å². The lowest BCUT2D eigenvalue weighted by molar-refractivity contribution is 0.0981. The van der Waals surface area contributed by atoms with E-state index in [0.717, 1.165) is 5.56 Å². The molecular weight excluding hydrogens is 296 g/mol. The van der Waals surface area contributed by atoms with Gasteiger partial charge in [0.2, 0.25) is 5.75 Å². The number of hydrogen-bond donors (Lipinski definition) is 1. The lowest BCUT2D eigenvalue weighted by atomic mass is 10.0. The number of phenols is 1. The molecule has 2 aromatic carbocycles. The van der Waals surface area contributed by atoms with Gasteiger partial charge in [0.15, 0.2) is 17.3 Å². The van der Waals surface area contributed by atoms with E-state index in [9.17, 15) is 9.90 Å². The second-order valence-electron chi connectivity index (χ2n) is 4.88. The van der Waals surface area contributed by atoms with E-state index in [1.54, 1.807) is 13.0 Å². The van der Waals surface area contributed by atoms with Crippen LogP contribution < -0.4 is 14.2 Å². The number of hydrogen-bond acceptors (Lipinski definition) is 5. The van der Waals surface area contributed by atoms with E-state index in [4.69, 9.17) is 14.2 Å². The van der Waals surface area contributed by atoms with E-state index in [-0.39, 0.29) is 41.6 Å². The average Bonchev–Trinajstić information content (AvgIpc) is 2.60. The third-order valence-electron chi connectivity index (χ3n) is 3.45. The van der Waals surface area contributed by atoms with Crippen LogP contribution in [0.1, 0.15) is 29.3 Å². The van der Waals surface area contributed by atoms with E-state index in [1.807, 2.05) is 30.3 Å². The molecule has 0 saturated heterocycles. The molecule has 0 fully saturated rings. The van der Waals surface area contributed by atoms with Crippen molar-refractivity contribution in [1.29, 1.82) is 0 Å². The highest BCUT2D eigenvalue weighted by Crippen LogP contribution is 2.45. The van der Waals surface area contributed by atoms with Crippen LogP contribution in [0.15, 0.2) is 36.4 Å². The first kappa shape index (κ1) is 16.7. The smallest absolute Gasteiger partial charge is 0.204 e. The molecule has 0 spiro atoms. The van der Waals surface area contributed by atoms with Gasteiger partial charge in [-0.25, -0.2) is 0 Å². The van der Waals surface area contributed by atoms with Gasteiger partial charge in [-0.15, -0.1) is 0 Å². The summed E-state index contributed by atoms with van der Waals surface area (Å²) in [5, 5.41) is 10.5. The van der Waals surface area contributed by atoms with Gasteiger partial charge in [-0.1, -0.05) is 37.3 Å². The highest BCUT2D eigenvalue weighted by Gasteiger charge is 2.24.